The summed E-state index contributed by atoms with van der Waals surface area (Å²) in [4.78, 5) is 12.2. The lowest BCUT2D eigenvalue weighted by Gasteiger charge is -2.17. The van der Waals surface area contributed by atoms with Gasteiger partial charge in [-0.25, -0.2) is 4.39 Å². The SMILES string of the molecule is CC[C@@H](NC(=O)CSCc1ccc(Cl)cc1F)c1ccc(OC)cc1. The van der Waals surface area contributed by atoms with Crippen LogP contribution in [0.1, 0.15) is 30.5 Å². The van der Waals surface area contributed by atoms with Crippen LogP contribution < -0.4 is 10.1 Å². The maximum Gasteiger partial charge on any atom is 0.230 e. The minimum Gasteiger partial charge on any atom is -0.497 e. The number of benzene rings is 2. The van der Waals surface area contributed by atoms with Crippen LogP contribution in [0.4, 0.5) is 4.39 Å². The first-order valence-electron chi connectivity index (χ1n) is 7.98. The molecule has 6 heteroatoms. The molecule has 1 N–H and O–H groups in total. The second kappa shape index (κ2) is 9.68. The van der Waals surface area contributed by atoms with E-state index in [2.05, 4.69) is 5.32 Å². The Morgan fingerprint density at radius 1 is 1.28 bits per heavy atom. The Balaban J connectivity index is 1.85. The van der Waals surface area contributed by atoms with E-state index in [-0.39, 0.29) is 23.5 Å². The molecule has 1 atom stereocenters. The Morgan fingerprint density at radius 3 is 2.60 bits per heavy atom. The molecule has 0 aromatic heterocycles. The molecular weight excluding hydrogens is 361 g/mol. The van der Waals surface area contributed by atoms with E-state index >= 15 is 0 Å². The van der Waals surface area contributed by atoms with Gasteiger partial charge >= 0.3 is 0 Å². The molecule has 0 heterocycles. The van der Waals surface area contributed by atoms with Gasteiger partial charge < -0.3 is 10.1 Å². The molecule has 0 saturated heterocycles. The zero-order chi connectivity index (χ0) is 18.2. The number of nitrogens with one attached hydrogen (secondary N) is 1. The fraction of sp³-hybridized carbons (Fsp3) is 0.316. The lowest BCUT2D eigenvalue weighted by molar-refractivity contribution is -0.119. The second-order valence-corrected chi connectivity index (χ2v) is 6.95. The van der Waals surface area contributed by atoms with Crippen LogP contribution in [-0.4, -0.2) is 18.8 Å². The molecule has 0 saturated carbocycles. The standard InChI is InChI=1S/C19H21ClFNO2S/c1-3-18(13-5-8-16(24-2)9-6-13)22-19(23)12-25-11-14-4-7-15(20)10-17(14)21/h4-10,18H,3,11-12H2,1-2H3,(H,22,23)/t18-/m1/s1. The largest absolute Gasteiger partial charge is 0.497 e. The van der Waals surface area contributed by atoms with Crippen molar-refractivity contribution >= 4 is 29.3 Å². The number of hydrogen-bond donors (Lipinski definition) is 1. The first kappa shape index (κ1) is 19.6. The van der Waals surface area contributed by atoms with Gasteiger partial charge in [0.15, 0.2) is 0 Å². The normalized spacial score (nSPS) is 11.8. The highest BCUT2D eigenvalue weighted by molar-refractivity contribution is 7.99. The van der Waals surface area contributed by atoms with E-state index in [9.17, 15) is 9.18 Å². The van der Waals surface area contributed by atoms with Gasteiger partial charge in [0.25, 0.3) is 0 Å². The van der Waals surface area contributed by atoms with Gasteiger partial charge in [-0.05, 0) is 41.8 Å². The average Bonchev–Trinajstić information content (AvgIpc) is 2.61. The first-order chi connectivity index (χ1) is 12.0. The van der Waals surface area contributed by atoms with Gasteiger partial charge in [-0.2, -0.15) is 0 Å². The van der Waals surface area contributed by atoms with Crippen molar-refractivity contribution in [3.8, 4) is 5.75 Å². The Kier molecular flexibility index (Phi) is 7.59. The summed E-state index contributed by atoms with van der Waals surface area (Å²) in [6.45, 7) is 2.02. The lowest BCUT2D eigenvalue weighted by atomic mass is 10.0. The van der Waals surface area contributed by atoms with Crippen molar-refractivity contribution in [2.75, 3.05) is 12.9 Å². The molecule has 3 nitrogen and oxygen atoms in total. The zero-order valence-electron chi connectivity index (χ0n) is 14.2. The first-order valence-corrected chi connectivity index (χ1v) is 9.51. The number of halogens is 2. The Morgan fingerprint density at radius 2 is 2.00 bits per heavy atom. The van der Waals surface area contributed by atoms with Crippen molar-refractivity contribution in [1.82, 2.24) is 5.32 Å². The number of ether oxygens (including phenoxy) is 1. The second-order valence-electron chi connectivity index (χ2n) is 5.53. The van der Waals surface area contributed by atoms with Crippen molar-refractivity contribution in [2.24, 2.45) is 0 Å². The molecule has 2 rings (SSSR count). The molecule has 0 bridgehead atoms. The predicted molar refractivity (Wildman–Crippen MR) is 102 cm³/mol. The maximum atomic E-state index is 13.7. The molecule has 0 aliphatic carbocycles. The van der Waals surface area contributed by atoms with Crippen molar-refractivity contribution in [2.45, 2.75) is 25.1 Å². The maximum absolute atomic E-state index is 13.7. The van der Waals surface area contributed by atoms with E-state index in [4.69, 9.17) is 16.3 Å². The number of rotatable bonds is 8. The molecule has 0 aliphatic rings. The van der Waals surface area contributed by atoms with E-state index < -0.39 is 0 Å². The Labute approximate surface area is 156 Å². The van der Waals surface area contributed by atoms with E-state index in [1.54, 1.807) is 19.2 Å². The number of carbonyl (C=O) groups is 1. The molecule has 0 fully saturated rings. The van der Waals surface area contributed by atoms with Crippen molar-refractivity contribution < 1.29 is 13.9 Å². The average molecular weight is 382 g/mol. The van der Waals surface area contributed by atoms with Crippen LogP contribution in [0.2, 0.25) is 5.02 Å². The number of methoxy groups -OCH3 is 1. The summed E-state index contributed by atoms with van der Waals surface area (Å²) >= 11 is 7.11. The van der Waals surface area contributed by atoms with Crippen molar-refractivity contribution in [1.29, 1.82) is 0 Å². The van der Waals surface area contributed by atoms with Crippen LogP contribution in [0.5, 0.6) is 5.75 Å². The van der Waals surface area contributed by atoms with Crippen LogP contribution in [0.3, 0.4) is 0 Å². The molecular formula is C19H21ClFNO2S. The number of amides is 1. The van der Waals surface area contributed by atoms with Gasteiger partial charge in [-0.15, -0.1) is 11.8 Å². The van der Waals surface area contributed by atoms with Crippen LogP contribution in [-0.2, 0) is 10.5 Å². The predicted octanol–water partition coefficient (Wildman–Crippen LogP) is 4.99. The number of thioether (sulfide) groups is 1. The highest BCUT2D eigenvalue weighted by Crippen LogP contribution is 2.22. The van der Waals surface area contributed by atoms with E-state index in [1.165, 1.54) is 17.8 Å². The molecule has 0 aliphatic heterocycles. The van der Waals surface area contributed by atoms with Crippen LogP contribution in [0, 0.1) is 5.82 Å². The molecule has 0 unspecified atom stereocenters. The Hall–Kier alpha value is -1.72. The monoisotopic (exact) mass is 381 g/mol. The molecule has 25 heavy (non-hydrogen) atoms. The highest BCUT2D eigenvalue weighted by atomic mass is 35.5. The van der Waals surface area contributed by atoms with Gasteiger partial charge in [-0.1, -0.05) is 36.7 Å². The smallest absolute Gasteiger partial charge is 0.230 e. The van der Waals surface area contributed by atoms with E-state index in [1.807, 2.05) is 31.2 Å². The molecule has 1 amide bonds. The summed E-state index contributed by atoms with van der Waals surface area (Å²) < 4.78 is 18.9. The molecule has 2 aromatic carbocycles. The molecule has 134 valence electrons. The van der Waals surface area contributed by atoms with Gasteiger partial charge in [-0.3, -0.25) is 4.79 Å². The third-order valence-electron chi connectivity index (χ3n) is 3.77. The third-order valence-corrected chi connectivity index (χ3v) is 4.98. The van der Waals surface area contributed by atoms with Gasteiger partial charge in [0.05, 0.1) is 18.9 Å². The van der Waals surface area contributed by atoms with E-state index in [0.717, 1.165) is 17.7 Å². The summed E-state index contributed by atoms with van der Waals surface area (Å²) in [5.74, 6) is 1.07. The van der Waals surface area contributed by atoms with Crippen molar-refractivity contribution in [3.63, 3.8) is 0 Å². The summed E-state index contributed by atoms with van der Waals surface area (Å²) in [5, 5.41) is 3.38. The van der Waals surface area contributed by atoms with Crippen LogP contribution in [0.25, 0.3) is 0 Å². The summed E-state index contributed by atoms with van der Waals surface area (Å²) in [7, 11) is 1.62. The van der Waals surface area contributed by atoms with Gasteiger partial charge in [0, 0.05) is 10.8 Å². The van der Waals surface area contributed by atoms with Gasteiger partial charge in [0.2, 0.25) is 5.91 Å². The van der Waals surface area contributed by atoms with E-state index in [0.29, 0.717) is 16.3 Å². The summed E-state index contributed by atoms with van der Waals surface area (Å²) in [6, 6.07) is 12.2. The highest BCUT2D eigenvalue weighted by Gasteiger charge is 2.13. The van der Waals surface area contributed by atoms with Gasteiger partial charge in [0.1, 0.15) is 11.6 Å². The number of carbonyl (C=O) groups excluding carboxylic acids is 1. The minimum atomic E-state index is -0.343. The van der Waals surface area contributed by atoms with Crippen molar-refractivity contribution in [3.05, 3.63) is 64.4 Å². The summed E-state index contributed by atoms with van der Waals surface area (Å²) in [5.41, 5.74) is 1.58. The summed E-state index contributed by atoms with van der Waals surface area (Å²) in [6.07, 6.45) is 0.786. The van der Waals surface area contributed by atoms with Crippen LogP contribution in [0.15, 0.2) is 42.5 Å². The third kappa shape index (κ3) is 5.94. The number of hydrogen-bond acceptors (Lipinski definition) is 3. The topological polar surface area (TPSA) is 38.3 Å². The quantitative estimate of drug-likeness (QED) is 0.700. The van der Waals surface area contributed by atoms with Crippen LogP contribution >= 0.6 is 23.4 Å². The minimum absolute atomic E-state index is 0.0497. The molecule has 0 spiro atoms. The fourth-order valence-corrected chi connectivity index (χ4v) is 3.37. The zero-order valence-corrected chi connectivity index (χ0v) is 15.8. The Bertz CT molecular complexity index is 709. The lowest BCUT2D eigenvalue weighted by Crippen LogP contribution is -2.29. The molecule has 0 radical (unpaired) electrons. The molecule has 2 aromatic rings. The fourth-order valence-electron chi connectivity index (χ4n) is 2.39.